The van der Waals surface area contributed by atoms with Crippen LogP contribution >= 0.6 is 0 Å². The van der Waals surface area contributed by atoms with Crippen molar-refractivity contribution in [3.8, 4) is 0 Å². The van der Waals surface area contributed by atoms with Gasteiger partial charge in [-0.15, -0.1) is 0 Å². The van der Waals surface area contributed by atoms with Gasteiger partial charge in [0.15, 0.2) is 0 Å². The highest BCUT2D eigenvalue weighted by molar-refractivity contribution is 6.06. The summed E-state index contributed by atoms with van der Waals surface area (Å²) in [6.07, 6.45) is 7.18. The fourth-order valence-corrected chi connectivity index (χ4v) is 4.81. The molecule has 0 aliphatic heterocycles. The van der Waals surface area contributed by atoms with Crippen LogP contribution in [0, 0.1) is 0 Å². The third-order valence-electron chi connectivity index (χ3n) is 6.43. The van der Waals surface area contributed by atoms with Gasteiger partial charge >= 0.3 is 6.09 Å². The van der Waals surface area contributed by atoms with Crippen LogP contribution in [0.15, 0.2) is 30.6 Å². The number of nitrogens with zero attached hydrogens (tertiary/aromatic N) is 5. The zero-order chi connectivity index (χ0) is 24.0. The number of aromatic nitrogens is 4. The van der Waals surface area contributed by atoms with Gasteiger partial charge in [-0.3, -0.25) is 9.48 Å². The van der Waals surface area contributed by atoms with Crippen LogP contribution in [0.2, 0.25) is 0 Å². The van der Waals surface area contributed by atoms with Crippen molar-refractivity contribution in [2.24, 2.45) is 0 Å². The highest BCUT2D eigenvalue weighted by Crippen LogP contribution is 2.35. The van der Waals surface area contributed by atoms with Gasteiger partial charge in [-0.2, -0.15) is 14.9 Å². The zero-order valence-electron chi connectivity index (χ0n) is 19.9. The average Bonchev–Trinajstić information content (AvgIpc) is 3.37. The SMILES string of the molecule is CC(C)(C)OC(=O)n1cc2c(n1)CCC(N(C(=O)c1cccc3c1cnn3CCO)C1CC1)C2. The van der Waals surface area contributed by atoms with E-state index in [1.54, 1.807) is 17.1 Å². The highest BCUT2D eigenvalue weighted by Gasteiger charge is 2.40. The van der Waals surface area contributed by atoms with E-state index in [9.17, 15) is 14.7 Å². The van der Waals surface area contributed by atoms with Crippen LogP contribution in [0.1, 0.15) is 61.6 Å². The maximum atomic E-state index is 13.8. The number of aryl methyl sites for hydroxylation is 1. The highest BCUT2D eigenvalue weighted by atomic mass is 16.6. The summed E-state index contributed by atoms with van der Waals surface area (Å²) in [5.74, 6) is 0.0182. The van der Waals surface area contributed by atoms with Gasteiger partial charge in [-0.25, -0.2) is 4.79 Å². The van der Waals surface area contributed by atoms with Crippen LogP contribution in [0.4, 0.5) is 4.79 Å². The molecule has 1 amide bonds. The molecule has 1 saturated carbocycles. The van der Waals surface area contributed by atoms with Crippen molar-refractivity contribution >= 4 is 22.9 Å². The van der Waals surface area contributed by atoms with Crippen molar-refractivity contribution in [2.45, 2.75) is 77.1 Å². The van der Waals surface area contributed by atoms with Crippen molar-refractivity contribution < 1.29 is 19.4 Å². The summed E-state index contributed by atoms with van der Waals surface area (Å²) < 4.78 is 8.47. The second kappa shape index (κ2) is 8.54. The van der Waals surface area contributed by atoms with E-state index < -0.39 is 11.7 Å². The normalized spacial score (nSPS) is 18.1. The van der Waals surface area contributed by atoms with Crippen LogP contribution in [-0.4, -0.2) is 65.9 Å². The van der Waals surface area contributed by atoms with Crippen molar-refractivity contribution in [1.82, 2.24) is 24.5 Å². The molecule has 1 fully saturated rings. The summed E-state index contributed by atoms with van der Waals surface area (Å²) in [5, 5.41) is 18.9. The molecule has 2 aromatic heterocycles. The van der Waals surface area contributed by atoms with Gasteiger partial charge in [0.05, 0.1) is 36.1 Å². The average molecular weight is 466 g/mol. The minimum Gasteiger partial charge on any atom is -0.442 e. The van der Waals surface area contributed by atoms with E-state index in [1.165, 1.54) is 4.68 Å². The lowest BCUT2D eigenvalue weighted by Gasteiger charge is -2.34. The molecular weight excluding hydrogens is 434 g/mol. The Kier molecular flexibility index (Phi) is 5.67. The minimum atomic E-state index is -0.590. The Hall–Kier alpha value is -3.20. The number of benzene rings is 1. The molecule has 0 saturated heterocycles. The van der Waals surface area contributed by atoms with Gasteiger partial charge in [0.1, 0.15) is 5.60 Å². The van der Waals surface area contributed by atoms with E-state index in [0.717, 1.165) is 41.4 Å². The Morgan fingerprint density at radius 2 is 2.00 bits per heavy atom. The fraction of sp³-hybridized carbons (Fsp3) is 0.520. The van der Waals surface area contributed by atoms with E-state index >= 15 is 0 Å². The number of aliphatic hydroxyl groups is 1. The summed E-state index contributed by atoms with van der Waals surface area (Å²) in [6, 6.07) is 5.95. The van der Waals surface area contributed by atoms with Crippen LogP contribution < -0.4 is 0 Å². The number of fused-ring (bicyclic) bond motifs is 2. The Bertz CT molecular complexity index is 1230. The van der Waals surface area contributed by atoms with Crippen molar-refractivity contribution in [2.75, 3.05) is 6.61 Å². The fourth-order valence-electron chi connectivity index (χ4n) is 4.81. The summed E-state index contributed by atoms with van der Waals surface area (Å²) in [4.78, 5) is 28.3. The molecule has 9 nitrogen and oxygen atoms in total. The first-order valence-corrected chi connectivity index (χ1v) is 11.9. The Morgan fingerprint density at radius 1 is 1.21 bits per heavy atom. The Labute approximate surface area is 198 Å². The monoisotopic (exact) mass is 465 g/mol. The van der Waals surface area contributed by atoms with Gasteiger partial charge < -0.3 is 14.7 Å². The molecule has 0 spiro atoms. The number of amides is 1. The number of hydrogen-bond donors (Lipinski definition) is 1. The van der Waals surface area contributed by atoms with Crippen molar-refractivity contribution in [3.63, 3.8) is 0 Å². The first kappa shape index (κ1) is 22.6. The van der Waals surface area contributed by atoms with E-state index in [0.29, 0.717) is 24.9 Å². The summed E-state index contributed by atoms with van der Waals surface area (Å²) in [7, 11) is 0. The van der Waals surface area contributed by atoms with Gasteiger partial charge in [0.25, 0.3) is 5.91 Å². The molecule has 0 radical (unpaired) electrons. The summed E-state index contributed by atoms with van der Waals surface area (Å²) in [5.41, 5.74) is 2.80. The van der Waals surface area contributed by atoms with Gasteiger partial charge in [-0.05, 0) is 70.6 Å². The molecular formula is C25H31N5O4. The van der Waals surface area contributed by atoms with Gasteiger partial charge in [0.2, 0.25) is 0 Å². The number of carbonyl (C=O) groups excluding carboxylic acids is 2. The lowest BCUT2D eigenvalue weighted by Crippen LogP contribution is -2.44. The molecule has 1 N–H and O–H groups in total. The zero-order valence-corrected chi connectivity index (χ0v) is 19.9. The molecule has 9 heteroatoms. The van der Waals surface area contributed by atoms with Crippen LogP contribution in [0.25, 0.3) is 10.9 Å². The van der Waals surface area contributed by atoms with Crippen molar-refractivity contribution in [1.29, 1.82) is 0 Å². The topological polar surface area (TPSA) is 102 Å². The largest absolute Gasteiger partial charge is 0.442 e. The number of ether oxygens (including phenoxy) is 1. The molecule has 1 aromatic carbocycles. The maximum absolute atomic E-state index is 13.8. The second-order valence-corrected chi connectivity index (χ2v) is 10.2. The van der Waals surface area contributed by atoms with E-state index in [1.807, 2.05) is 43.9 Å². The molecule has 2 heterocycles. The molecule has 2 aliphatic carbocycles. The molecule has 1 unspecified atom stereocenters. The summed E-state index contributed by atoms with van der Waals surface area (Å²) in [6.45, 7) is 5.87. The molecule has 34 heavy (non-hydrogen) atoms. The standard InChI is InChI=1S/C25H31N5O4/c1-25(2,3)34-24(33)29-15-16-13-18(9-10-21(16)27-29)30(17-7-8-17)23(32)19-5-4-6-22-20(19)14-26-28(22)11-12-31/h4-6,14-15,17-18,31H,7-13H2,1-3H3. The molecule has 5 rings (SSSR count). The Morgan fingerprint density at radius 3 is 2.71 bits per heavy atom. The lowest BCUT2D eigenvalue weighted by molar-refractivity contribution is 0.0513. The van der Waals surface area contributed by atoms with E-state index in [-0.39, 0.29) is 24.6 Å². The lowest BCUT2D eigenvalue weighted by atomic mass is 9.91. The third kappa shape index (κ3) is 4.32. The van der Waals surface area contributed by atoms with Crippen LogP contribution in [0.5, 0.6) is 0 Å². The maximum Gasteiger partial charge on any atom is 0.435 e. The molecule has 1 atom stereocenters. The van der Waals surface area contributed by atoms with Gasteiger partial charge in [-0.1, -0.05) is 6.07 Å². The van der Waals surface area contributed by atoms with Crippen molar-refractivity contribution in [3.05, 3.63) is 47.4 Å². The smallest absolute Gasteiger partial charge is 0.435 e. The first-order valence-electron chi connectivity index (χ1n) is 11.9. The number of hydrogen-bond acceptors (Lipinski definition) is 6. The molecule has 2 aliphatic rings. The van der Waals surface area contributed by atoms with Gasteiger partial charge in [0, 0.05) is 23.7 Å². The van der Waals surface area contributed by atoms with E-state index in [4.69, 9.17) is 4.74 Å². The van der Waals surface area contributed by atoms with Crippen LogP contribution in [-0.2, 0) is 24.1 Å². The molecule has 180 valence electrons. The molecule has 0 bridgehead atoms. The predicted molar refractivity (Wildman–Crippen MR) is 126 cm³/mol. The predicted octanol–water partition coefficient (Wildman–Crippen LogP) is 3.17. The second-order valence-electron chi connectivity index (χ2n) is 10.2. The molecule has 3 aromatic rings. The van der Waals surface area contributed by atoms with Crippen LogP contribution in [0.3, 0.4) is 0 Å². The third-order valence-corrected chi connectivity index (χ3v) is 6.43. The number of aliphatic hydroxyl groups excluding tert-OH is 1. The number of carbonyl (C=O) groups is 2. The quantitative estimate of drug-likeness (QED) is 0.621. The number of rotatable bonds is 5. The summed E-state index contributed by atoms with van der Waals surface area (Å²) >= 11 is 0. The Balaban J connectivity index is 1.40. The first-order chi connectivity index (χ1) is 16.2. The minimum absolute atomic E-state index is 0.00939. The van der Waals surface area contributed by atoms with E-state index in [2.05, 4.69) is 10.2 Å².